The zero-order valence-electron chi connectivity index (χ0n) is 15.7. The van der Waals surface area contributed by atoms with Crippen molar-refractivity contribution in [1.29, 1.82) is 0 Å². The fraction of sp³-hybridized carbons (Fsp3) is 0.579. The number of hydrogen-bond acceptors (Lipinski definition) is 4. The molecule has 7 heteroatoms. The average Bonchev–Trinajstić information content (AvgIpc) is 2.66. The van der Waals surface area contributed by atoms with Gasteiger partial charge in [-0.25, -0.2) is 9.38 Å². The lowest BCUT2D eigenvalue weighted by atomic mass is 9.97. The Balaban J connectivity index is 1.89. The van der Waals surface area contributed by atoms with E-state index in [1.807, 2.05) is 13.8 Å². The number of aliphatic imine (C=N–C) groups is 1. The number of guanidine groups is 1. The fourth-order valence-electron chi connectivity index (χ4n) is 2.92. The number of benzene rings is 1. The topological polar surface area (TPSA) is 63.2 Å². The smallest absolute Gasteiger partial charge is 0.308 e. The van der Waals surface area contributed by atoms with Crippen LogP contribution in [0.5, 0.6) is 5.75 Å². The third-order valence-electron chi connectivity index (χ3n) is 4.31. The highest BCUT2D eigenvalue weighted by Crippen LogP contribution is 2.18. The molecule has 1 aromatic carbocycles. The summed E-state index contributed by atoms with van der Waals surface area (Å²) in [6.07, 6.45) is 1.39. The van der Waals surface area contributed by atoms with Gasteiger partial charge in [0, 0.05) is 19.6 Å². The van der Waals surface area contributed by atoms with E-state index in [-0.39, 0.29) is 23.8 Å². The van der Waals surface area contributed by atoms with Crippen LogP contribution in [0.25, 0.3) is 0 Å². The molecule has 2 rings (SSSR count). The Morgan fingerprint density at radius 3 is 2.58 bits per heavy atom. The van der Waals surface area contributed by atoms with E-state index < -0.39 is 0 Å². The number of hydrogen-bond donors (Lipinski definition) is 1. The minimum atomic E-state index is -0.284. The minimum absolute atomic E-state index is 0.0279. The summed E-state index contributed by atoms with van der Waals surface area (Å²) in [5.41, 5.74) is 0. The standard InChI is InChI=1S/C19H28FN3O3/c1-4-21-19(23-11-9-15(10-12-23)18(24)25-3)22-13-14(2)26-17-7-5-16(20)6-8-17/h5-8,14-15H,4,9-13H2,1-3H3,(H,21,22). The van der Waals surface area contributed by atoms with Crippen LogP contribution >= 0.6 is 0 Å². The first-order valence-electron chi connectivity index (χ1n) is 9.06. The Morgan fingerprint density at radius 1 is 1.35 bits per heavy atom. The summed E-state index contributed by atoms with van der Waals surface area (Å²) in [6.45, 7) is 6.73. The van der Waals surface area contributed by atoms with Crippen LogP contribution in [-0.4, -0.2) is 56.2 Å². The lowest BCUT2D eigenvalue weighted by molar-refractivity contribution is -0.146. The molecule has 1 aliphatic rings. The Morgan fingerprint density at radius 2 is 2.00 bits per heavy atom. The first-order valence-corrected chi connectivity index (χ1v) is 9.06. The van der Waals surface area contributed by atoms with E-state index in [0.717, 1.165) is 38.4 Å². The number of methoxy groups -OCH3 is 1. The number of halogens is 1. The maximum atomic E-state index is 12.9. The number of ether oxygens (including phenoxy) is 2. The van der Waals surface area contributed by atoms with Crippen molar-refractivity contribution in [3.8, 4) is 5.75 Å². The second-order valence-corrected chi connectivity index (χ2v) is 6.36. The normalized spacial score (nSPS) is 16.9. The summed E-state index contributed by atoms with van der Waals surface area (Å²) >= 11 is 0. The van der Waals surface area contributed by atoms with E-state index in [1.165, 1.54) is 19.2 Å². The van der Waals surface area contributed by atoms with Gasteiger partial charge in [-0.15, -0.1) is 0 Å². The van der Waals surface area contributed by atoms with Gasteiger partial charge in [0.1, 0.15) is 17.7 Å². The monoisotopic (exact) mass is 365 g/mol. The summed E-state index contributed by atoms with van der Waals surface area (Å²) in [6, 6.07) is 5.97. The molecule has 0 spiro atoms. The van der Waals surface area contributed by atoms with Crippen LogP contribution < -0.4 is 10.1 Å². The van der Waals surface area contributed by atoms with Gasteiger partial charge in [-0.2, -0.15) is 0 Å². The number of carbonyl (C=O) groups excluding carboxylic acids is 1. The highest BCUT2D eigenvalue weighted by Gasteiger charge is 2.27. The molecule has 1 saturated heterocycles. The van der Waals surface area contributed by atoms with Gasteiger partial charge in [-0.3, -0.25) is 4.79 Å². The Hall–Kier alpha value is -2.31. The summed E-state index contributed by atoms with van der Waals surface area (Å²) < 4.78 is 23.5. The van der Waals surface area contributed by atoms with Crippen molar-refractivity contribution in [3.05, 3.63) is 30.1 Å². The quantitative estimate of drug-likeness (QED) is 0.477. The molecular weight excluding hydrogens is 337 g/mol. The second-order valence-electron chi connectivity index (χ2n) is 6.36. The molecule has 1 heterocycles. The third-order valence-corrected chi connectivity index (χ3v) is 4.31. The Kier molecular flexibility index (Phi) is 7.69. The molecule has 26 heavy (non-hydrogen) atoms. The van der Waals surface area contributed by atoms with Gasteiger partial charge in [0.15, 0.2) is 5.96 Å². The summed E-state index contributed by atoms with van der Waals surface area (Å²) in [5.74, 6) is 1.00. The zero-order valence-corrected chi connectivity index (χ0v) is 15.7. The first kappa shape index (κ1) is 20.0. The van der Waals surface area contributed by atoms with E-state index in [2.05, 4.69) is 15.2 Å². The molecule has 0 radical (unpaired) electrons. The van der Waals surface area contributed by atoms with Crippen molar-refractivity contribution in [1.82, 2.24) is 10.2 Å². The zero-order chi connectivity index (χ0) is 18.9. The van der Waals surface area contributed by atoms with Gasteiger partial charge in [-0.05, 0) is 51.0 Å². The van der Waals surface area contributed by atoms with E-state index in [1.54, 1.807) is 12.1 Å². The number of piperidine rings is 1. The van der Waals surface area contributed by atoms with Crippen LogP contribution in [0.3, 0.4) is 0 Å². The predicted octanol–water partition coefficient (Wildman–Crippen LogP) is 2.44. The Labute approximate surface area is 154 Å². The molecule has 0 saturated carbocycles. The lowest BCUT2D eigenvalue weighted by Crippen LogP contribution is -2.47. The lowest BCUT2D eigenvalue weighted by Gasteiger charge is -2.33. The summed E-state index contributed by atoms with van der Waals surface area (Å²) in [5, 5.41) is 3.29. The van der Waals surface area contributed by atoms with Crippen LogP contribution in [0, 0.1) is 11.7 Å². The van der Waals surface area contributed by atoms with Gasteiger partial charge in [0.2, 0.25) is 0 Å². The minimum Gasteiger partial charge on any atom is -0.489 e. The summed E-state index contributed by atoms with van der Waals surface area (Å²) in [7, 11) is 1.43. The molecule has 6 nitrogen and oxygen atoms in total. The van der Waals surface area contributed by atoms with Crippen molar-refractivity contribution < 1.29 is 18.7 Å². The SMILES string of the molecule is CCNC(=NCC(C)Oc1ccc(F)cc1)N1CCC(C(=O)OC)CC1. The highest BCUT2D eigenvalue weighted by atomic mass is 19.1. The number of nitrogens with zero attached hydrogens (tertiary/aromatic N) is 2. The van der Waals surface area contributed by atoms with E-state index in [9.17, 15) is 9.18 Å². The van der Waals surface area contributed by atoms with Crippen LogP contribution in [0.15, 0.2) is 29.3 Å². The molecule has 0 aliphatic carbocycles. The number of nitrogens with one attached hydrogen (secondary N) is 1. The molecule has 1 atom stereocenters. The third kappa shape index (κ3) is 5.89. The van der Waals surface area contributed by atoms with Gasteiger partial charge < -0.3 is 19.7 Å². The fourth-order valence-corrected chi connectivity index (χ4v) is 2.92. The molecule has 1 fully saturated rings. The first-order chi connectivity index (χ1) is 12.5. The van der Waals surface area contributed by atoms with Crippen LogP contribution in [0.4, 0.5) is 4.39 Å². The maximum Gasteiger partial charge on any atom is 0.308 e. The molecule has 1 unspecified atom stereocenters. The number of rotatable bonds is 6. The molecule has 0 bridgehead atoms. The molecular formula is C19H28FN3O3. The second kappa shape index (κ2) is 9.99. The molecule has 144 valence electrons. The summed E-state index contributed by atoms with van der Waals surface area (Å²) in [4.78, 5) is 18.5. The number of esters is 1. The Bertz CT molecular complexity index is 599. The van der Waals surface area contributed by atoms with E-state index in [0.29, 0.717) is 12.3 Å². The van der Waals surface area contributed by atoms with Gasteiger partial charge in [-0.1, -0.05) is 0 Å². The van der Waals surface area contributed by atoms with Gasteiger partial charge in [0.25, 0.3) is 0 Å². The predicted molar refractivity (Wildman–Crippen MR) is 98.8 cm³/mol. The number of carbonyl (C=O) groups is 1. The molecule has 1 N–H and O–H groups in total. The van der Waals surface area contributed by atoms with Crippen LogP contribution in [0.2, 0.25) is 0 Å². The van der Waals surface area contributed by atoms with Crippen molar-refractivity contribution in [2.24, 2.45) is 10.9 Å². The molecule has 0 amide bonds. The maximum absolute atomic E-state index is 12.9. The van der Waals surface area contributed by atoms with Gasteiger partial charge >= 0.3 is 5.97 Å². The largest absolute Gasteiger partial charge is 0.489 e. The van der Waals surface area contributed by atoms with E-state index >= 15 is 0 Å². The highest BCUT2D eigenvalue weighted by molar-refractivity contribution is 5.80. The number of likely N-dealkylation sites (tertiary alicyclic amines) is 1. The van der Waals surface area contributed by atoms with Crippen LogP contribution in [0.1, 0.15) is 26.7 Å². The van der Waals surface area contributed by atoms with Crippen molar-refractivity contribution in [2.75, 3.05) is 33.3 Å². The van der Waals surface area contributed by atoms with Crippen molar-refractivity contribution in [3.63, 3.8) is 0 Å². The van der Waals surface area contributed by atoms with E-state index in [4.69, 9.17) is 9.47 Å². The van der Waals surface area contributed by atoms with Crippen molar-refractivity contribution in [2.45, 2.75) is 32.8 Å². The average molecular weight is 365 g/mol. The van der Waals surface area contributed by atoms with Crippen molar-refractivity contribution >= 4 is 11.9 Å². The van der Waals surface area contributed by atoms with Crippen LogP contribution in [-0.2, 0) is 9.53 Å². The molecule has 1 aliphatic heterocycles. The molecule has 0 aromatic heterocycles. The molecule has 1 aromatic rings. The van der Waals surface area contributed by atoms with Gasteiger partial charge in [0.05, 0.1) is 19.6 Å².